The third kappa shape index (κ3) is 3.80. The summed E-state index contributed by atoms with van der Waals surface area (Å²) in [5, 5.41) is 23.6. The van der Waals surface area contributed by atoms with Crippen LogP contribution in [0.1, 0.15) is 29.3 Å². The first kappa shape index (κ1) is 24.1. The van der Waals surface area contributed by atoms with Gasteiger partial charge in [-0.25, -0.2) is 9.59 Å². The molecule has 2 amide bonds. The van der Waals surface area contributed by atoms with Crippen LogP contribution in [0.2, 0.25) is 0 Å². The van der Waals surface area contributed by atoms with Gasteiger partial charge in [0.05, 0.1) is 28.3 Å². The Hall–Kier alpha value is -4.63. The maximum atomic E-state index is 12.6. The Morgan fingerprint density at radius 3 is 2.27 bits per heavy atom. The largest absolute Gasteiger partial charge is 0.479 e. The van der Waals surface area contributed by atoms with Gasteiger partial charge in [0.25, 0.3) is 5.91 Å². The Bertz CT molecular complexity index is 1640. The Balaban J connectivity index is 1.80. The van der Waals surface area contributed by atoms with Crippen LogP contribution in [0.5, 0.6) is 0 Å². The Morgan fingerprint density at radius 1 is 0.946 bits per heavy atom. The lowest BCUT2D eigenvalue weighted by atomic mass is 9.86. The number of rotatable bonds is 6. The second kappa shape index (κ2) is 8.79. The average molecular weight is 499 g/mol. The number of carbonyl (C=O) groups excluding carboxylic acids is 2. The molecule has 4 aromatic rings. The molecule has 1 aliphatic rings. The topological polar surface area (TPSA) is 134 Å². The molecular weight excluding hydrogens is 476 g/mol. The highest BCUT2D eigenvalue weighted by atomic mass is 16.5. The number of nitrogens with zero attached hydrogens (tertiary/aromatic N) is 1. The van der Waals surface area contributed by atoms with Gasteiger partial charge in [0, 0.05) is 11.6 Å². The number of benzene rings is 3. The molecule has 186 valence electrons. The predicted octanol–water partition coefficient (Wildman–Crippen LogP) is 2.91. The summed E-state index contributed by atoms with van der Waals surface area (Å²) in [4.78, 5) is 48.9. The quantitative estimate of drug-likeness (QED) is 0.211. The number of carboxylic acids is 2. The lowest BCUT2D eigenvalue weighted by Crippen LogP contribution is -2.42. The summed E-state index contributed by atoms with van der Waals surface area (Å²) in [6.07, 6.45) is -1.53. The normalized spacial score (nSPS) is 17.1. The first-order valence-corrected chi connectivity index (χ1v) is 11.5. The van der Waals surface area contributed by atoms with Crippen molar-refractivity contribution in [3.63, 3.8) is 0 Å². The van der Waals surface area contributed by atoms with Crippen molar-refractivity contribution >= 4 is 45.6 Å². The van der Waals surface area contributed by atoms with Crippen LogP contribution in [0.25, 0.3) is 32.9 Å². The molecule has 3 N–H and O–H groups in total. The van der Waals surface area contributed by atoms with Crippen LogP contribution < -0.4 is 9.88 Å². The molecule has 9 heteroatoms. The van der Waals surface area contributed by atoms with E-state index < -0.39 is 35.5 Å². The molecule has 1 fully saturated rings. The van der Waals surface area contributed by atoms with E-state index in [-0.39, 0.29) is 17.5 Å². The van der Waals surface area contributed by atoms with E-state index in [9.17, 15) is 29.4 Å². The van der Waals surface area contributed by atoms with Crippen LogP contribution >= 0.6 is 0 Å². The summed E-state index contributed by atoms with van der Waals surface area (Å²) in [6.45, 7) is 1.34. The van der Waals surface area contributed by atoms with E-state index in [2.05, 4.69) is 5.32 Å². The first-order chi connectivity index (χ1) is 17.6. The van der Waals surface area contributed by atoms with E-state index in [1.807, 2.05) is 23.7 Å². The third-order valence-corrected chi connectivity index (χ3v) is 6.83. The summed E-state index contributed by atoms with van der Waals surface area (Å²) < 4.78 is 7.71. The molecule has 2 atom stereocenters. The summed E-state index contributed by atoms with van der Waals surface area (Å²) in [5.41, 5.74) is 0.768. The summed E-state index contributed by atoms with van der Waals surface area (Å²) in [6, 6.07) is 19.1. The molecule has 0 radical (unpaired) electrons. The number of aryl methyl sites for hydroxylation is 1. The molecule has 9 nitrogen and oxygen atoms in total. The average Bonchev–Trinajstić information content (AvgIpc) is 3.19. The van der Waals surface area contributed by atoms with E-state index in [1.165, 1.54) is 6.92 Å². The summed E-state index contributed by atoms with van der Waals surface area (Å²) >= 11 is 0. The standard InChI is InChI=1S/C28H22N2O7/c1-28(27(35)36,37-21-14-22(31)29-25(21)32)19-12-5-3-8-15(19)16-10-7-11-18-23(26(33)34)17-9-4-6-13-20(17)30(2)24(16)18/h3-13,21H,14H2,1-2H3,(H2-,29,31,32,33,34,35,36)/p+1. The molecular formula is C28H23N2O7+. The van der Waals surface area contributed by atoms with Gasteiger partial charge in [-0.05, 0) is 30.7 Å². The molecule has 2 unspecified atom stereocenters. The second-order valence-corrected chi connectivity index (χ2v) is 9.07. The van der Waals surface area contributed by atoms with Crippen molar-refractivity contribution in [2.45, 2.75) is 25.0 Å². The van der Waals surface area contributed by atoms with Gasteiger partial charge in [-0.3, -0.25) is 14.9 Å². The maximum Gasteiger partial charge on any atom is 0.340 e. The van der Waals surface area contributed by atoms with Gasteiger partial charge < -0.3 is 14.9 Å². The minimum absolute atomic E-state index is 0.140. The van der Waals surface area contributed by atoms with Crippen molar-refractivity contribution in [3.05, 3.63) is 77.9 Å². The molecule has 0 spiro atoms. The Labute approximate surface area is 210 Å². The molecule has 0 saturated carbocycles. The van der Waals surface area contributed by atoms with Crippen molar-refractivity contribution in [2.75, 3.05) is 0 Å². The zero-order valence-electron chi connectivity index (χ0n) is 20.0. The van der Waals surface area contributed by atoms with Crippen LogP contribution in [0.3, 0.4) is 0 Å². The molecule has 0 bridgehead atoms. The number of pyridine rings is 1. The highest BCUT2D eigenvalue weighted by Crippen LogP contribution is 2.39. The number of para-hydroxylation sites is 2. The van der Waals surface area contributed by atoms with Crippen molar-refractivity contribution in [2.24, 2.45) is 7.05 Å². The molecule has 1 aromatic heterocycles. The van der Waals surface area contributed by atoms with Crippen molar-refractivity contribution < 1.29 is 38.7 Å². The van der Waals surface area contributed by atoms with E-state index in [1.54, 1.807) is 54.6 Å². The fourth-order valence-electron chi connectivity index (χ4n) is 5.07. The van der Waals surface area contributed by atoms with Gasteiger partial charge in [-0.15, -0.1) is 0 Å². The number of hydrogen-bond acceptors (Lipinski definition) is 5. The number of ether oxygens (including phenoxy) is 1. The number of aliphatic carboxylic acids is 1. The molecule has 2 heterocycles. The Kier molecular flexibility index (Phi) is 5.72. The number of fused-ring (bicyclic) bond motifs is 2. The molecule has 3 aromatic carbocycles. The van der Waals surface area contributed by atoms with Gasteiger partial charge in [0.15, 0.2) is 5.60 Å². The van der Waals surface area contributed by atoms with Crippen molar-refractivity contribution in [3.8, 4) is 11.1 Å². The maximum absolute atomic E-state index is 12.6. The lowest BCUT2D eigenvalue weighted by molar-refractivity contribution is -0.617. The lowest BCUT2D eigenvalue weighted by Gasteiger charge is -2.30. The number of carboxylic acid groups (broad SMARTS) is 2. The van der Waals surface area contributed by atoms with Gasteiger partial charge in [-0.2, -0.15) is 4.57 Å². The fraction of sp³-hybridized carbons (Fsp3) is 0.179. The highest BCUT2D eigenvalue weighted by Gasteiger charge is 2.45. The molecule has 5 rings (SSSR count). The number of aromatic carboxylic acids is 1. The number of hydrogen-bond donors (Lipinski definition) is 3. The smallest absolute Gasteiger partial charge is 0.340 e. The SMILES string of the molecule is C[n+]1c2ccccc2c(C(=O)O)c2cccc(-c3ccccc3C(C)(OC3CC(=O)NC3=O)C(=O)O)c21. The van der Waals surface area contributed by atoms with Crippen LogP contribution in [-0.4, -0.2) is 40.1 Å². The monoisotopic (exact) mass is 499 g/mol. The molecule has 0 aliphatic carbocycles. The first-order valence-electron chi connectivity index (χ1n) is 11.5. The van der Waals surface area contributed by atoms with Crippen LogP contribution in [0.15, 0.2) is 66.7 Å². The minimum atomic E-state index is -1.99. The minimum Gasteiger partial charge on any atom is -0.479 e. The highest BCUT2D eigenvalue weighted by molar-refractivity contribution is 6.14. The molecule has 1 aliphatic heterocycles. The Morgan fingerprint density at radius 2 is 1.59 bits per heavy atom. The van der Waals surface area contributed by atoms with E-state index in [4.69, 9.17) is 4.74 Å². The second-order valence-electron chi connectivity index (χ2n) is 9.07. The van der Waals surface area contributed by atoms with Crippen LogP contribution in [0, 0.1) is 0 Å². The molecule has 37 heavy (non-hydrogen) atoms. The summed E-state index contributed by atoms with van der Waals surface area (Å²) in [7, 11) is 1.82. The number of nitrogens with one attached hydrogen (secondary N) is 1. The third-order valence-electron chi connectivity index (χ3n) is 6.83. The van der Waals surface area contributed by atoms with E-state index in [0.29, 0.717) is 32.9 Å². The zero-order chi connectivity index (χ0) is 26.5. The molecule has 1 saturated heterocycles. The number of aromatic nitrogens is 1. The zero-order valence-corrected chi connectivity index (χ0v) is 20.0. The number of imide groups is 1. The van der Waals surface area contributed by atoms with Gasteiger partial charge in [-0.1, -0.05) is 42.5 Å². The van der Waals surface area contributed by atoms with Crippen LogP contribution in [0.4, 0.5) is 0 Å². The van der Waals surface area contributed by atoms with Gasteiger partial charge in [0.2, 0.25) is 16.9 Å². The van der Waals surface area contributed by atoms with Crippen LogP contribution in [-0.2, 0) is 31.8 Å². The summed E-state index contributed by atoms with van der Waals surface area (Å²) in [5.74, 6) is -3.65. The van der Waals surface area contributed by atoms with Gasteiger partial charge in [0.1, 0.15) is 13.2 Å². The van der Waals surface area contributed by atoms with Crippen molar-refractivity contribution in [1.82, 2.24) is 5.32 Å². The van der Waals surface area contributed by atoms with Gasteiger partial charge >= 0.3 is 11.9 Å². The number of carbonyl (C=O) groups is 4. The number of amides is 2. The predicted molar refractivity (Wildman–Crippen MR) is 133 cm³/mol. The fourth-order valence-corrected chi connectivity index (χ4v) is 5.07. The van der Waals surface area contributed by atoms with E-state index in [0.717, 1.165) is 0 Å². The van der Waals surface area contributed by atoms with E-state index >= 15 is 0 Å². The van der Waals surface area contributed by atoms with Crippen molar-refractivity contribution in [1.29, 1.82) is 0 Å².